The highest BCUT2D eigenvalue weighted by atomic mass is 32.2. The summed E-state index contributed by atoms with van der Waals surface area (Å²) in [6.07, 6.45) is 0.404. The average molecular weight is 421 g/mol. The van der Waals surface area contributed by atoms with Crippen molar-refractivity contribution in [1.29, 1.82) is 0 Å². The maximum atomic E-state index is 13.0. The summed E-state index contributed by atoms with van der Waals surface area (Å²) in [7, 11) is -3.15. The molecule has 1 saturated heterocycles. The van der Waals surface area contributed by atoms with E-state index in [1.807, 2.05) is 31.2 Å². The Bertz CT molecular complexity index is 929. The molecule has 8 heteroatoms. The molecule has 0 aromatic heterocycles. The van der Waals surface area contributed by atoms with Gasteiger partial charge in [0.2, 0.25) is 0 Å². The van der Waals surface area contributed by atoms with Crippen molar-refractivity contribution in [2.24, 2.45) is 0 Å². The van der Waals surface area contributed by atoms with Crippen molar-refractivity contribution < 1.29 is 27.1 Å². The lowest BCUT2D eigenvalue weighted by Crippen LogP contribution is -2.43. The number of rotatable bonds is 8. The third-order valence-corrected chi connectivity index (χ3v) is 6.48. The highest BCUT2D eigenvalue weighted by molar-refractivity contribution is 7.91. The Labute approximate surface area is 170 Å². The molecule has 0 saturated carbocycles. The molecule has 156 valence electrons. The SMILES string of the molecule is CCOc1ccc(CN(C(=O)COc2ccc(F)cc2)C2CCS(=O)(=O)C2)cc1. The highest BCUT2D eigenvalue weighted by Gasteiger charge is 2.34. The third-order valence-electron chi connectivity index (χ3n) is 4.73. The molecule has 2 aromatic carbocycles. The minimum Gasteiger partial charge on any atom is -0.494 e. The Hall–Kier alpha value is -2.61. The van der Waals surface area contributed by atoms with Gasteiger partial charge in [0, 0.05) is 12.6 Å². The van der Waals surface area contributed by atoms with Crippen molar-refractivity contribution in [1.82, 2.24) is 4.90 Å². The molecule has 1 aliphatic rings. The van der Waals surface area contributed by atoms with Gasteiger partial charge in [0.05, 0.1) is 18.1 Å². The smallest absolute Gasteiger partial charge is 0.261 e. The van der Waals surface area contributed by atoms with E-state index < -0.39 is 21.7 Å². The maximum absolute atomic E-state index is 13.0. The number of hydrogen-bond donors (Lipinski definition) is 0. The zero-order chi connectivity index (χ0) is 20.9. The van der Waals surface area contributed by atoms with E-state index in [9.17, 15) is 17.6 Å². The van der Waals surface area contributed by atoms with Crippen LogP contribution in [0.2, 0.25) is 0 Å². The second kappa shape index (κ2) is 9.26. The molecule has 6 nitrogen and oxygen atoms in total. The lowest BCUT2D eigenvalue weighted by atomic mass is 10.1. The zero-order valence-electron chi connectivity index (χ0n) is 16.2. The van der Waals surface area contributed by atoms with Gasteiger partial charge in [-0.2, -0.15) is 0 Å². The van der Waals surface area contributed by atoms with Gasteiger partial charge in [-0.05, 0) is 55.3 Å². The Kier molecular flexibility index (Phi) is 6.74. The summed E-state index contributed by atoms with van der Waals surface area (Å²) < 4.78 is 47.8. The Morgan fingerprint density at radius 1 is 1.07 bits per heavy atom. The van der Waals surface area contributed by atoms with Crippen LogP contribution in [0.1, 0.15) is 18.9 Å². The summed E-state index contributed by atoms with van der Waals surface area (Å²) in [6.45, 7) is 2.48. The summed E-state index contributed by atoms with van der Waals surface area (Å²) in [5.74, 6) is 0.426. The fourth-order valence-electron chi connectivity index (χ4n) is 3.26. The first-order valence-corrected chi connectivity index (χ1v) is 11.3. The maximum Gasteiger partial charge on any atom is 0.261 e. The minimum atomic E-state index is -3.15. The summed E-state index contributed by atoms with van der Waals surface area (Å²) in [5.41, 5.74) is 0.868. The van der Waals surface area contributed by atoms with Gasteiger partial charge in [-0.25, -0.2) is 12.8 Å². The molecule has 1 fully saturated rings. The summed E-state index contributed by atoms with van der Waals surface area (Å²) in [6, 6.07) is 12.4. The minimum absolute atomic E-state index is 0.0493. The second-order valence-corrected chi connectivity index (χ2v) is 9.13. The number of carbonyl (C=O) groups excluding carboxylic acids is 1. The van der Waals surface area contributed by atoms with Crippen molar-refractivity contribution in [3.8, 4) is 11.5 Å². The van der Waals surface area contributed by atoms with Gasteiger partial charge in [0.1, 0.15) is 17.3 Å². The van der Waals surface area contributed by atoms with Crippen molar-refractivity contribution in [2.45, 2.75) is 25.9 Å². The number of amides is 1. The lowest BCUT2D eigenvalue weighted by molar-refractivity contribution is -0.136. The van der Waals surface area contributed by atoms with E-state index in [4.69, 9.17) is 9.47 Å². The van der Waals surface area contributed by atoms with Gasteiger partial charge in [-0.1, -0.05) is 12.1 Å². The van der Waals surface area contributed by atoms with Crippen molar-refractivity contribution in [2.75, 3.05) is 24.7 Å². The number of benzene rings is 2. The number of nitrogens with zero attached hydrogens (tertiary/aromatic N) is 1. The molecule has 3 rings (SSSR count). The molecule has 1 amide bonds. The number of ether oxygens (including phenoxy) is 2. The number of hydrogen-bond acceptors (Lipinski definition) is 5. The molecular weight excluding hydrogens is 397 g/mol. The standard InChI is InChI=1S/C21H24FNO5S/c1-2-27-19-7-3-16(4-8-19)13-23(18-11-12-29(25,26)15-18)21(24)14-28-20-9-5-17(22)6-10-20/h3-10,18H,2,11-15H2,1H3. The van der Waals surface area contributed by atoms with Crippen LogP contribution in [0.5, 0.6) is 11.5 Å². The zero-order valence-corrected chi connectivity index (χ0v) is 17.0. The van der Waals surface area contributed by atoms with Crippen LogP contribution < -0.4 is 9.47 Å². The second-order valence-electron chi connectivity index (χ2n) is 6.90. The van der Waals surface area contributed by atoms with Crippen LogP contribution in [-0.4, -0.2) is 50.0 Å². The molecular formula is C21H24FNO5S. The van der Waals surface area contributed by atoms with Gasteiger partial charge in [-0.15, -0.1) is 0 Å². The van der Waals surface area contributed by atoms with Crippen LogP contribution in [0.3, 0.4) is 0 Å². The highest BCUT2D eigenvalue weighted by Crippen LogP contribution is 2.22. The number of sulfone groups is 1. The van der Waals surface area contributed by atoms with Gasteiger partial charge >= 0.3 is 0 Å². The van der Waals surface area contributed by atoms with E-state index in [0.717, 1.165) is 11.3 Å². The Morgan fingerprint density at radius 2 is 1.69 bits per heavy atom. The summed E-state index contributed by atoms with van der Waals surface area (Å²) in [5, 5.41) is 0. The predicted octanol–water partition coefficient (Wildman–Crippen LogP) is 2.82. The quantitative estimate of drug-likeness (QED) is 0.655. The van der Waals surface area contributed by atoms with E-state index in [-0.39, 0.29) is 30.6 Å². The number of halogens is 1. The van der Waals surface area contributed by atoms with Crippen molar-refractivity contribution in [3.05, 3.63) is 59.9 Å². The molecule has 1 heterocycles. The first-order valence-electron chi connectivity index (χ1n) is 9.46. The number of carbonyl (C=O) groups is 1. The fraction of sp³-hybridized carbons (Fsp3) is 0.381. The van der Waals surface area contributed by atoms with Crippen LogP contribution in [0.25, 0.3) is 0 Å². The molecule has 1 atom stereocenters. The van der Waals surface area contributed by atoms with Crippen LogP contribution >= 0.6 is 0 Å². The largest absolute Gasteiger partial charge is 0.494 e. The normalized spacial score (nSPS) is 17.7. The summed E-state index contributed by atoms with van der Waals surface area (Å²) in [4.78, 5) is 14.4. The Morgan fingerprint density at radius 3 is 2.28 bits per heavy atom. The third kappa shape index (κ3) is 5.93. The van der Waals surface area contributed by atoms with Crippen LogP contribution in [-0.2, 0) is 21.2 Å². The van der Waals surface area contributed by atoms with Gasteiger partial charge < -0.3 is 14.4 Å². The van der Waals surface area contributed by atoms with Crippen molar-refractivity contribution >= 4 is 15.7 Å². The first kappa shape index (κ1) is 21.1. The van der Waals surface area contributed by atoms with Gasteiger partial charge in [-0.3, -0.25) is 4.79 Å². The molecule has 0 spiro atoms. The van der Waals surface area contributed by atoms with Gasteiger partial charge in [0.15, 0.2) is 16.4 Å². The van der Waals surface area contributed by atoms with E-state index in [1.165, 1.54) is 24.3 Å². The lowest BCUT2D eigenvalue weighted by Gasteiger charge is -2.28. The topological polar surface area (TPSA) is 72.9 Å². The monoisotopic (exact) mass is 421 g/mol. The van der Waals surface area contributed by atoms with Crippen LogP contribution in [0.4, 0.5) is 4.39 Å². The summed E-state index contributed by atoms with van der Waals surface area (Å²) >= 11 is 0. The van der Waals surface area contributed by atoms with Crippen LogP contribution in [0.15, 0.2) is 48.5 Å². The predicted molar refractivity (Wildman–Crippen MR) is 107 cm³/mol. The first-order chi connectivity index (χ1) is 13.9. The van der Waals surface area contributed by atoms with Crippen LogP contribution in [0, 0.1) is 5.82 Å². The molecule has 29 heavy (non-hydrogen) atoms. The Balaban J connectivity index is 1.71. The molecule has 0 N–H and O–H groups in total. The van der Waals surface area contributed by atoms with E-state index in [2.05, 4.69) is 0 Å². The molecule has 0 radical (unpaired) electrons. The van der Waals surface area contributed by atoms with E-state index in [0.29, 0.717) is 18.8 Å². The molecule has 1 unspecified atom stereocenters. The van der Waals surface area contributed by atoms with Gasteiger partial charge in [0.25, 0.3) is 5.91 Å². The average Bonchev–Trinajstić information content (AvgIpc) is 3.06. The molecule has 2 aromatic rings. The molecule has 0 bridgehead atoms. The fourth-order valence-corrected chi connectivity index (χ4v) is 4.99. The molecule has 0 aliphatic carbocycles. The van der Waals surface area contributed by atoms with E-state index >= 15 is 0 Å². The molecule has 1 aliphatic heterocycles. The van der Waals surface area contributed by atoms with E-state index in [1.54, 1.807) is 4.90 Å². The van der Waals surface area contributed by atoms with Crippen molar-refractivity contribution in [3.63, 3.8) is 0 Å².